The van der Waals surface area contributed by atoms with Crippen molar-refractivity contribution in [2.45, 2.75) is 19.3 Å². The molecule has 0 aromatic carbocycles. The molecule has 0 unspecified atom stereocenters. The lowest BCUT2D eigenvalue weighted by Gasteiger charge is -2.56. The second-order valence-electron chi connectivity index (χ2n) is 5.94. The van der Waals surface area contributed by atoms with Crippen molar-refractivity contribution in [1.29, 1.82) is 0 Å². The number of oxime groups is 2. The maximum Gasteiger partial charge on any atom is 0.346 e. The quantitative estimate of drug-likeness (QED) is 0.582. The monoisotopic (exact) mass is 246 g/mol. The molecule has 2 heterocycles. The van der Waals surface area contributed by atoms with Gasteiger partial charge in [-0.25, -0.2) is 9.59 Å². The fraction of sp³-hybridized carbons (Fsp3) is 0.667. The summed E-state index contributed by atoms with van der Waals surface area (Å²) in [6, 6.07) is 0. The molecule has 4 saturated carbocycles. The third-order valence-electron chi connectivity index (χ3n) is 5.34. The summed E-state index contributed by atoms with van der Waals surface area (Å²) in [6.07, 6.45) is 2.20. The summed E-state index contributed by atoms with van der Waals surface area (Å²) < 4.78 is 0. The van der Waals surface area contributed by atoms with Gasteiger partial charge in [0.1, 0.15) is 5.41 Å². The Kier molecular flexibility index (Phi) is 1.29. The molecule has 0 amide bonds. The van der Waals surface area contributed by atoms with Crippen LogP contribution in [0.4, 0.5) is 0 Å². The van der Waals surface area contributed by atoms with Crippen LogP contribution < -0.4 is 0 Å². The first-order valence-electron chi connectivity index (χ1n) is 6.29. The molecule has 2 aliphatic heterocycles. The van der Waals surface area contributed by atoms with Crippen LogP contribution in [-0.2, 0) is 19.3 Å². The molecule has 6 rings (SSSR count). The highest BCUT2D eigenvalue weighted by atomic mass is 16.7. The molecule has 4 aliphatic carbocycles. The van der Waals surface area contributed by atoms with E-state index in [9.17, 15) is 9.59 Å². The molecule has 0 saturated heterocycles. The van der Waals surface area contributed by atoms with Crippen LogP contribution in [0, 0.1) is 29.1 Å². The van der Waals surface area contributed by atoms with Crippen molar-refractivity contribution in [1.82, 2.24) is 0 Å². The second kappa shape index (κ2) is 2.50. The molecule has 0 aromatic heterocycles. The van der Waals surface area contributed by atoms with Crippen molar-refractivity contribution in [2.24, 2.45) is 39.4 Å². The molecule has 4 fully saturated rings. The maximum absolute atomic E-state index is 12.0. The van der Waals surface area contributed by atoms with Gasteiger partial charge in [-0.05, 0) is 19.3 Å². The number of rotatable bonds is 0. The van der Waals surface area contributed by atoms with E-state index in [1.807, 2.05) is 0 Å². The number of nitrogens with zero attached hydrogens (tertiary/aromatic N) is 2. The zero-order valence-corrected chi connectivity index (χ0v) is 9.46. The minimum Gasteiger partial charge on any atom is -0.318 e. The summed E-state index contributed by atoms with van der Waals surface area (Å²) in [6.45, 7) is 0. The first-order valence-corrected chi connectivity index (χ1v) is 6.29. The van der Waals surface area contributed by atoms with Crippen molar-refractivity contribution in [2.75, 3.05) is 0 Å². The van der Waals surface area contributed by atoms with Gasteiger partial charge >= 0.3 is 11.9 Å². The summed E-state index contributed by atoms with van der Waals surface area (Å²) in [7, 11) is 0. The van der Waals surface area contributed by atoms with Gasteiger partial charge < -0.3 is 9.68 Å². The van der Waals surface area contributed by atoms with Crippen molar-refractivity contribution >= 4 is 23.4 Å². The van der Waals surface area contributed by atoms with Crippen molar-refractivity contribution in [3.05, 3.63) is 0 Å². The van der Waals surface area contributed by atoms with Crippen LogP contribution in [0.15, 0.2) is 10.3 Å². The summed E-state index contributed by atoms with van der Waals surface area (Å²) in [5.74, 6) is -0.374. The van der Waals surface area contributed by atoms with Gasteiger partial charge in [-0.3, -0.25) is 0 Å². The minimum absolute atomic E-state index is 0.0145. The van der Waals surface area contributed by atoms with E-state index in [4.69, 9.17) is 9.68 Å². The molecule has 1 spiro atoms. The van der Waals surface area contributed by atoms with E-state index in [1.54, 1.807) is 0 Å². The van der Waals surface area contributed by atoms with E-state index in [1.165, 1.54) is 0 Å². The van der Waals surface area contributed by atoms with Crippen LogP contribution in [0.2, 0.25) is 0 Å². The van der Waals surface area contributed by atoms with E-state index >= 15 is 0 Å². The van der Waals surface area contributed by atoms with Gasteiger partial charge in [-0.1, -0.05) is 10.3 Å². The highest BCUT2D eigenvalue weighted by Gasteiger charge is 2.70. The largest absolute Gasteiger partial charge is 0.346 e. The summed E-state index contributed by atoms with van der Waals surface area (Å²) in [5, 5.41) is 7.95. The molecule has 5 atom stereocenters. The fourth-order valence-corrected chi connectivity index (χ4v) is 4.72. The SMILES string of the molecule is O=C1ON=C2[C@H]3C[C@H]4C5=NOC(=O)[C@@]5(C3)C[C@H]2[C@@H]14. The molecular weight excluding hydrogens is 236 g/mol. The highest BCUT2D eigenvalue weighted by Crippen LogP contribution is 2.62. The third-order valence-corrected chi connectivity index (χ3v) is 5.34. The zero-order valence-electron chi connectivity index (χ0n) is 9.46. The Hall–Kier alpha value is -1.72. The standard InChI is InChI=1S/C12H10N2O4/c15-10-7-5-1-4-2-12(9(5)14-18-11(12)16)3-6(7)8(4)13-17-10/h4-7H,1-3H2/t4-,5+,6-,7-,12-/m0/s1. The predicted octanol–water partition coefficient (Wildman–Crippen LogP) is 0.474. The molecule has 92 valence electrons. The number of carbonyl (C=O) groups is 2. The molecular formula is C12H10N2O4. The molecule has 6 bridgehead atoms. The lowest BCUT2D eigenvalue weighted by molar-refractivity contribution is -0.162. The van der Waals surface area contributed by atoms with E-state index in [-0.39, 0.29) is 35.6 Å². The molecule has 6 aliphatic rings. The number of hydrogen-bond donors (Lipinski definition) is 0. The summed E-state index contributed by atoms with van der Waals surface area (Å²) >= 11 is 0. The van der Waals surface area contributed by atoms with Gasteiger partial charge in [-0.15, -0.1) is 0 Å². The number of carbonyl (C=O) groups excluding carboxylic acids is 2. The average molecular weight is 246 g/mol. The Morgan fingerprint density at radius 3 is 2.89 bits per heavy atom. The Morgan fingerprint density at radius 2 is 2.00 bits per heavy atom. The van der Waals surface area contributed by atoms with E-state index in [2.05, 4.69) is 10.3 Å². The molecule has 6 heteroatoms. The Labute approximate surface area is 102 Å². The van der Waals surface area contributed by atoms with Crippen molar-refractivity contribution in [3.8, 4) is 0 Å². The van der Waals surface area contributed by atoms with E-state index < -0.39 is 5.41 Å². The van der Waals surface area contributed by atoms with Crippen LogP contribution in [0.25, 0.3) is 0 Å². The lowest BCUT2D eigenvalue weighted by atomic mass is 9.44. The molecule has 6 nitrogen and oxygen atoms in total. The Balaban J connectivity index is 1.77. The molecule has 0 N–H and O–H groups in total. The Morgan fingerprint density at radius 1 is 1.11 bits per heavy atom. The van der Waals surface area contributed by atoms with Crippen LogP contribution in [0.3, 0.4) is 0 Å². The molecule has 18 heavy (non-hydrogen) atoms. The summed E-state index contributed by atoms with van der Waals surface area (Å²) in [5.41, 5.74) is 1.23. The van der Waals surface area contributed by atoms with Gasteiger partial charge in [0, 0.05) is 17.8 Å². The van der Waals surface area contributed by atoms with Crippen LogP contribution in [0.1, 0.15) is 19.3 Å². The maximum atomic E-state index is 12.0. The van der Waals surface area contributed by atoms with Crippen molar-refractivity contribution < 1.29 is 19.3 Å². The second-order valence-corrected chi connectivity index (χ2v) is 5.94. The van der Waals surface area contributed by atoms with Gasteiger partial charge in [0.05, 0.1) is 17.3 Å². The van der Waals surface area contributed by atoms with Gasteiger partial charge in [0.25, 0.3) is 0 Å². The van der Waals surface area contributed by atoms with Crippen LogP contribution in [0.5, 0.6) is 0 Å². The molecule has 0 aromatic rings. The fourth-order valence-electron chi connectivity index (χ4n) is 4.72. The van der Waals surface area contributed by atoms with Gasteiger partial charge in [-0.2, -0.15) is 0 Å². The van der Waals surface area contributed by atoms with Gasteiger partial charge in [0.2, 0.25) is 0 Å². The lowest BCUT2D eigenvalue weighted by Crippen LogP contribution is -2.65. The minimum atomic E-state index is -0.550. The normalized spacial score (nSPS) is 50.4. The average Bonchev–Trinajstić information content (AvgIpc) is 2.66. The third kappa shape index (κ3) is 0.741. The van der Waals surface area contributed by atoms with Crippen LogP contribution in [-0.4, -0.2) is 23.4 Å². The molecule has 0 radical (unpaired) electrons. The first kappa shape index (κ1) is 9.24. The zero-order chi connectivity index (χ0) is 12.1. The topological polar surface area (TPSA) is 77.3 Å². The van der Waals surface area contributed by atoms with E-state index in [0.717, 1.165) is 24.3 Å². The Bertz CT molecular complexity index is 581. The highest BCUT2D eigenvalue weighted by molar-refractivity contribution is 6.17. The van der Waals surface area contributed by atoms with Gasteiger partial charge in [0.15, 0.2) is 0 Å². The predicted molar refractivity (Wildman–Crippen MR) is 57.3 cm³/mol. The first-order chi connectivity index (χ1) is 8.71. The van der Waals surface area contributed by atoms with Crippen molar-refractivity contribution in [3.63, 3.8) is 0 Å². The van der Waals surface area contributed by atoms with Crippen LogP contribution >= 0.6 is 0 Å². The smallest absolute Gasteiger partial charge is 0.318 e. The summed E-state index contributed by atoms with van der Waals surface area (Å²) in [4.78, 5) is 33.7. The van der Waals surface area contributed by atoms with E-state index in [0.29, 0.717) is 6.42 Å². The number of hydrogen-bond acceptors (Lipinski definition) is 6.